The number of hydrogen-bond acceptors (Lipinski definition) is 2. The van der Waals surface area contributed by atoms with Gasteiger partial charge in [0.1, 0.15) is 0 Å². The lowest BCUT2D eigenvalue weighted by Gasteiger charge is -2.17. The van der Waals surface area contributed by atoms with Gasteiger partial charge >= 0.3 is 7.82 Å². The van der Waals surface area contributed by atoms with Crippen molar-refractivity contribution < 1.29 is 18.9 Å². The van der Waals surface area contributed by atoms with Crippen molar-refractivity contribution in [2.45, 2.75) is 71.6 Å². The van der Waals surface area contributed by atoms with E-state index in [1.807, 2.05) is 0 Å². The van der Waals surface area contributed by atoms with Crippen molar-refractivity contribution in [3.8, 4) is 0 Å². The van der Waals surface area contributed by atoms with Crippen LogP contribution >= 0.6 is 7.82 Å². The normalized spacial score (nSPS) is 13.8. The van der Waals surface area contributed by atoms with Gasteiger partial charge in [0.05, 0.1) is 6.61 Å². The van der Waals surface area contributed by atoms with Crippen molar-refractivity contribution in [1.82, 2.24) is 0 Å². The Balaban J connectivity index is 3.87. The van der Waals surface area contributed by atoms with E-state index in [1.165, 1.54) is 32.1 Å². The summed E-state index contributed by atoms with van der Waals surface area (Å²) in [7, 11) is -4.30. The smallest absolute Gasteiger partial charge is 0.303 e. The number of hydrogen-bond donors (Lipinski definition) is 2. The molecule has 0 spiro atoms. The molecule has 0 heterocycles. The molecule has 0 aliphatic heterocycles. The maximum atomic E-state index is 10.7. The van der Waals surface area contributed by atoms with Gasteiger partial charge in [-0.25, -0.2) is 4.57 Å². The lowest BCUT2D eigenvalue weighted by molar-refractivity contribution is 0.157. The molecular formula is C13H29O4P. The van der Waals surface area contributed by atoms with Gasteiger partial charge in [0.25, 0.3) is 0 Å². The summed E-state index contributed by atoms with van der Waals surface area (Å²) in [4.78, 5) is 17.5. The van der Waals surface area contributed by atoms with Crippen molar-refractivity contribution in [3.05, 3.63) is 0 Å². The quantitative estimate of drug-likeness (QED) is 0.414. The molecule has 0 saturated heterocycles. The molecule has 0 aromatic heterocycles. The molecule has 0 aliphatic carbocycles. The van der Waals surface area contributed by atoms with Crippen molar-refractivity contribution in [1.29, 1.82) is 0 Å². The van der Waals surface area contributed by atoms with Gasteiger partial charge in [-0.1, -0.05) is 58.8 Å². The predicted octanol–water partition coefficient (Wildman–Crippen LogP) is 4.26. The molecule has 2 N–H and O–H groups in total. The second-order valence-electron chi connectivity index (χ2n) is 5.00. The Hall–Kier alpha value is 0.110. The highest BCUT2D eigenvalue weighted by atomic mass is 31.2. The van der Waals surface area contributed by atoms with Crippen LogP contribution in [0.1, 0.15) is 71.6 Å². The molecule has 18 heavy (non-hydrogen) atoms. The molecule has 5 heteroatoms. The zero-order chi connectivity index (χ0) is 13.9. The lowest BCUT2D eigenvalue weighted by Crippen LogP contribution is -2.09. The first-order valence-electron chi connectivity index (χ1n) is 7.19. The van der Waals surface area contributed by atoms with E-state index in [2.05, 4.69) is 18.4 Å². The zero-order valence-electron chi connectivity index (χ0n) is 11.8. The third-order valence-corrected chi connectivity index (χ3v) is 3.65. The minimum Gasteiger partial charge on any atom is -0.303 e. The van der Waals surface area contributed by atoms with Crippen LogP contribution in [0.15, 0.2) is 0 Å². The first kappa shape index (κ1) is 18.1. The molecule has 0 aromatic rings. The molecule has 1 unspecified atom stereocenters. The SMILES string of the molecule is CCCCCCC(CCCCC)COP(=O)(O)O. The largest absolute Gasteiger partial charge is 0.469 e. The summed E-state index contributed by atoms with van der Waals surface area (Å²) in [5.41, 5.74) is 0. The highest BCUT2D eigenvalue weighted by Gasteiger charge is 2.17. The van der Waals surface area contributed by atoms with Crippen LogP contribution in [0, 0.1) is 5.92 Å². The third-order valence-electron chi connectivity index (χ3n) is 3.16. The second-order valence-corrected chi connectivity index (χ2v) is 6.24. The third kappa shape index (κ3) is 12.6. The molecule has 110 valence electrons. The Morgan fingerprint density at radius 3 is 1.94 bits per heavy atom. The van der Waals surface area contributed by atoms with Gasteiger partial charge in [-0.3, -0.25) is 4.52 Å². The number of unbranched alkanes of at least 4 members (excludes halogenated alkanes) is 5. The van der Waals surface area contributed by atoms with Gasteiger partial charge in [0.2, 0.25) is 0 Å². The van der Waals surface area contributed by atoms with Crippen LogP contribution < -0.4 is 0 Å². The van der Waals surface area contributed by atoms with Crippen LogP contribution in [0.2, 0.25) is 0 Å². The van der Waals surface area contributed by atoms with Gasteiger partial charge in [-0.15, -0.1) is 0 Å². The fraction of sp³-hybridized carbons (Fsp3) is 1.00. The fourth-order valence-electron chi connectivity index (χ4n) is 2.06. The van der Waals surface area contributed by atoms with Crippen LogP contribution in [0.3, 0.4) is 0 Å². The maximum absolute atomic E-state index is 10.7. The molecule has 0 bridgehead atoms. The van der Waals surface area contributed by atoms with Crippen LogP contribution in [0.25, 0.3) is 0 Å². The van der Waals surface area contributed by atoms with E-state index in [-0.39, 0.29) is 6.61 Å². The molecule has 1 atom stereocenters. The Morgan fingerprint density at radius 1 is 0.944 bits per heavy atom. The summed E-state index contributed by atoms with van der Waals surface area (Å²) in [6, 6.07) is 0. The van der Waals surface area contributed by atoms with Gasteiger partial charge in [0.15, 0.2) is 0 Å². The Bertz CT molecular complexity index is 227. The Morgan fingerprint density at radius 2 is 1.44 bits per heavy atom. The van der Waals surface area contributed by atoms with Crippen molar-refractivity contribution >= 4 is 7.82 Å². The summed E-state index contributed by atoms with van der Waals surface area (Å²) in [5, 5.41) is 0. The maximum Gasteiger partial charge on any atom is 0.469 e. The molecule has 0 aromatic carbocycles. The Kier molecular flexibility index (Phi) is 11.0. The van der Waals surface area contributed by atoms with Crippen LogP contribution in [0.4, 0.5) is 0 Å². The molecule has 0 rings (SSSR count). The molecule has 0 saturated carbocycles. The summed E-state index contributed by atoms with van der Waals surface area (Å²) in [5.74, 6) is 0.293. The van der Waals surface area contributed by atoms with Crippen LogP contribution in [0.5, 0.6) is 0 Å². The summed E-state index contributed by atoms with van der Waals surface area (Å²) < 4.78 is 15.4. The number of phosphoric acid groups is 1. The average Bonchev–Trinajstić information content (AvgIpc) is 2.29. The molecular weight excluding hydrogens is 251 g/mol. The first-order valence-corrected chi connectivity index (χ1v) is 8.72. The van der Waals surface area contributed by atoms with Gasteiger partial charge in [0, 0.05) is 0 Å². The summed E-state index contributed by atoms with van der Waals surface area (Å²) >= 11 is 0. The number of phosphoric ester groups is 1. The zero-order valence-corrected chi connectivity index (χ0v) is 12.7. The van der Waals surface area contributed by atoms with Crippen molar-refractivity contribution in [2.75, 3.05) is 6.61 Å². The van der Waals surface area contributed by atoms with E-state index in [0.29, 0.717) is 5.92 Å². The first-order chi connectivity index (χ1) is 8.49. The summed E-state index contributed by atoms with van der Waals surface area (Å²) in [6.45, 7) is 4.53. The van der Waals surface area contributed by atoms with Crippen LogP contribution in [-0.4, -0.2) is 16.4 Å². The standard InChI is InChI=1S/C13H29O4P/c1-3-5-7-9-11-13(10-8-6-4-2)12-17-18(14,15)16/h13H,3-12H2,1-2H3,(H2,14,15,16). The Labute approximate surface area is 111 Å². The monoisotopic (exact) mass is 280 g/mol. The molecule has 4 nitrogen and oxygen atoms in total. The molecule has 0 amide bonds. The average molecular weight is 280 g/mol. The number of rotatable bonds is 12. The van der Waals surface area contributed by atoms with Crippen molar-refractivity contribution in [2.24, 2.45) is 5.92 Å². The van der Waals surface area contributed by atoms with E-state index in [0.717, 1.165) is 25.7 Å². The van der Waals surface area contributed by atoms with Gasteiger partial charge in [-0.2, -0.15) is 0 Å². The van der Waals surface area contributed by atoms with Gasteiger partial charge < -0.3 is 9.79 Å². The fourth-order valence-corrected chi connectivity index (χ4v) is 2.46. The highest BCUT2D eigenvalue weighted by Crippen LogP contribution is 2.37. The molecule has 0 radical (unpaired) electrons. The van der Waals surface area contributed by atoms with E-state index >= 15 is 0 Å². The van der Waals surface area contributed by atoms with E-state index < -0.39 is 7.82 Å². The van der Waals surface area contributed by atoms with Crippen LogP contribution in [-0.2, 0) is 9.09 Å². The second kappa shape index (κ2) is 11.0. The lowest BCUT2D eigenvalue weighted by atomic mass is 9.95. The predicted molar refractivity (Wildman–Crippen MR) is 74.4 cm³/mol. The summed E-state index contributed by atoms with van der Waals surface area (Å²) in [6.07, 6.45) is 10.3. The minimum absolute atomic E-state index is 0.195. The highest BCUT2D eigenvalue weighted by molar-refractivity contribution is 7.46. The van der Waals surface area contributed by atoms with E-state index in [9.17, 15) is 4.57 Å². The van der Waals surface area contributed by atoms with Gasteiger partial charge in [-0.05, 0) is 18.8 Å². The van der Waals surface area contributed by atoms with E-state index in [1.54, 1.807) is 0 Å². The van der Waals surface area contributed by atoms with E-state index in [4.69, 9.17) is 9.79 Å². The molecule has 0 fully saturated rings. The minimum atomic E-state index is -4.30. The van der Waals surface area contributed by atoms with Crippen molar-refractivity contribution in [3.63, 3.8) is 0 Å². The topological polar surface area (TPSA) is 66.8 Å². The molecule has 0 aliphatic rings.